The van der Waals surface area contributed by atoms with Crippen molar-refractivity contribution in [3.63, 3.8) is 0 Å². The van der Waals surface area contributed by atoms with E-state index in [9.17, 15) is 5.11 Å². The smallest absolute Gasteiger partial charge is 0.119 e. The van der Waals surface area contributed by atoms with Crippen LogP contribution in [0, 0.1) is 6.92 Å². The van der Waals surface area contributed by atoms with E-state index < -0.39 is 0 Å². The van der Waals surface area contributed by atoms with Gasteiger partial charge in [0.2, 0.25) is 0 Å². The van der Waals surface area contributed by atoms with Crippen LogP contribution in [0.15, 0.2) is 24.3 Å². The summed E-state index contributed by atoms with van der Waals surface area (Å²) in [6.45, 7) is 5.95. The van der Waals surface area contributed by atoms with Gasteiger partial charge in [0.05, 0.1) is 12.7 Å². The fourth-order valence-electron chi connectivity index (χ4n) is 2.33. The van der Waals surface area contributed by atoms with E-state index in [0.717, 1.165) is 51.3 Å². The lowest BCUT2D eigenvalue weighted by atomic mass is 10.1. The standard InChI is InChI=1S/C15H23NO2/c1-13-4-2-5-15(12-13)18-11-3-8-16-9-6-14(17)7-10-16/h2,4-5,12,14,17H,3,6-11H2,1H3. The first kappa shape index (κ1) is 13.4. The van der Waals surface area contributed by atoms with Crippen LogP contribution >= 0.6 is 0 Å². The summed E-state index contributed by atoms with van der Waals surface area (Å²) in [5.74, 6) is 0.962. The lowest BCUT2D eigenvalue weighted by Crippen LogP contribution is -2.36. The zero-order valence-corrected chi connectivity index (χ0v) is 11.1. The molecule has 2 rings (SSSR count). The number of hydrogen-bond donors (Lipinski definition) is 1. The summed E-state index contributed by atoms with van der Waals surface area (Å²) in [5.41, 5.74) is 1.23. The Hall–Kier alpha value is -1.06. The number of hydrogen-bond acceptors (Lipinski definition) is 3. The van der Waals surface area contributed by atoms with Crippen LogP contribution in [-0.2, 0) is 0 Å². The molecule has 0 aliphatic carbocycles. The highest BCUT2D eigenvalue weighted by Gasteiger charge is 2.15. The van der Waals surface area contributed by atoms with E-state index in [4.69, 9.17) is 4.74 Å². The maximum Gasteiger partial charge on any atom is 0.119 e. The first-order valence-electron chi connectivity index (χ1n) is 6.84. The van der Waals surface area contributed by atoms with Crippen LogP contribution in [-0.4, -0.2) is 42.4 Å². The van der Waals surface area contributed by atoms with E-state index in [0.29, 0.717) is 0 Å². The summed E-state index contributed by atoms with van der Waals surface area (Å²) in [7, 11) is 0. The molecule has 0 radical (unpaired) electrons. The number of aliphatic hydroxyl groups is 1. The molecule has 0 amide bonds. The molecule has 1 aromatic rings. The lowest BCUT2D eigenvalue weighted by molar-refractivity contribution is 0.0800. The first-order chi connectivity index (χ1) is 8.74. The van der Waals surface area contributed by atoms with Gasteiger partial charge in [0.15, 0.2) is 0 Å². The Labute approximate surface area is 109 Å². The predicted molar refractivity (Wildman–Crippen MR) is 73.0 cm³/mol. The maximum atomic E-state index is 9.42. The van der Waals surface area contributed by atoms with Crippen LogP contribution < -0.4 is 4.74 Å². The number of benzene rings is 1. The molecule has 0 aromatic heterocycles. The Balaban J connectivity index is 1.61. The highest BCUT2D eigenvalue weighted by atomic mass is 16.5. The third-order valence-corrected chi connectivity index (χ3v) is 3.43. The van der Waals surface area contributed by atoms with Gasteiger partial charge in [0.25, 0.3) is 0 Å². The van der Waals surface area contributed by atoms with E-state index in [-0.39, 0.29) is 6.10 Å². The molecule has 100 valence electrons. The van der Waals surface area contributed by atoms with Gasteiger partial charge in [0, 0.05) is 19.6 Å². The second kappa shape index (κ2) is 6.76. The average Bonchev–Trinajstić information content (AvgIpc) is 2.37. The van der Waals surface area contributed by atoms with Crippen molar-refractivity contribution >= 4 is 0 Å². The minimum absolute atomic E-state index is 0.0789. The Bertz CT molecular complexity index is 359. The summed E-state index contributed by atoms with van der Waals surface area (Å²) >= 11 is 0. The van der Waals surface area contributed by atoms with Gasteiger partial charge >= 0.3 is 0 Å². The van der Waals surface area contributed by atoms with Crippen molar-refractivity contribution in [1.29, 1.82) is 0 Å². The van der Waals surface area contributed by atoms with Gasteiger partial charge in [-0.05, 0) is 43.9 Å². The average molecular weight is 249 g/mol. The molecule has 18 heavy (non-hydrogen) atoms. The number of nitrogens with zero attached hydrogens (tertiary/aromatic N) is 1. The molecule has 1 fully saturated rings. The van der Waals surface area contributed by atoms with E-state index in [1.807, 2.05) is 12.1 Å². The van der Waals surface area contributed by atoms with E-state index in [1.54, 1.807) is 0 Å². The van der Waals surface area contributed by atoms with Gasteiger partial charge in [-0.1, -0.05) is 12.1 Å². The largest absolute Gasteiger partial charge is 0.494 e. The molecule has 0 bridgehead atoms. The fourth-order valence-corrected chi connectivity index (χ4v) is 2.33. The second-order valence-corrected chi connectivity index (χ2v) is 5.09. The third-order valence-electron chi connectivity index (χ3n) is 3.43. The number of aliphatic hydroxyl groups excluding tert-OH is 1. The quantitative estimate of drug-likeness (QED) is 0.812. The molecule has 3 heteroatoms. The minimum Gasteiger partial charge on any atom is -0.494 e. The Morgan fingerprint density at radius 3 is 2.83 bits per heavy atom. The van der Waals surface area contributed by atoms with Gasteiger partial charge in [0.1, 0.15) is 5.75 Å². The number of rotatable bonds is 5. The van der Waals surface area contributed by atoms with Crippen LogP contribution in [0.4, 0.5) is 0 Å². The molecule has 1 saturated heterocycles. The topological polar surface area (TPSA) is 32.7 Å². The van der Waals surface area contributed by atoms with Crippen molar-refractivity contribution in [2.75, 3.05) is 26.2 Å². The predicted octanol–water partition coefficient (Wildman–Crippen LogP) is 2.22. The van der Waals surface area contributed by atoms with E-state index >= 15 is 0 Å². The second-order valence-electron chi connectivity index (χ2n) is 5.09. The summed E-state index contributed by atoms with van der Waals surface area (Å²) < 4.78 is 5.72. The van der Waals surface area contributed by atoms with Crippen molar-refractivity contribution in [3.05, 3.63) is 29.8 Å². The third kappa shape index (κ3) is 4.31. The van der Waals surface area contributed by atoms with Crippen molar-refractivity contribution in [2.45, 2.75) is 32.3 Å². The van der Waals surface area contributed by atoms with Crippen molar-refractivity contribution in [3.8, 4) is 5.75 Å². The van der Waals surface area contributed by atoms with Gasteiger partial charge in [-0.15, -0.1) is 0 Å². The molecule has 1 aromatic carbocycles. The lowest BCUT2D eigenvalue weighted by Gasteiger charge is -2.29. The van der Waals surface area contributed by atoms with Crippen molar-refractivity contribution in [1.82, 2.24) is 4.90 Å². The maximum absolute atomic E-state index is 9.42. The molecule has 0 spiro atoms. The van der Waals surface area contributed by atoms with Gasteiger partial charge in [-0.2, -0.15) is 0 Å². The molecule has 0 saturated carbocycles. The Morgan fingerprint density at radius 1 is 1.33 bits per heavy atom. The Morgan fingerprint density at radius 2 is 2.11 bits per heavy atom. The van der Waals surface area contributed by atoms with Gasteiger partial charge < -0.3 is 14.7 Å². The minimum atomic E-state index is -0.0789. The number of aryl methyl sites for hydroxylation is 1. The van der Waals surface area contributed by atoms with Crippen LogP contribution in [0.3, 0.4) is 0 Å². The Kier molecular flexibility index (Phi) is 5.02. The monoisotopic (exact) mass is 249 g/mol. The van der Waals surface area contributed by atoms with E-state index in [2.05, 4.69) is 24.0 Å². The van der Waals surface area contributed by atoms with Crippen molar-refractivity contribution < 1.29 is 9.84 Å². The van der Waals surface area contributed by atoms with Crippen LogP contribution in [0.2, 0.25) is 0 Å². The molecular formula is C15H23NO2. The zero-order valence-electron chi connectivity index (χ0n) is 11.1. The zero-order chi connectivity index (χ0) is 12.8. The van der Waals surface area contributed by atoms with Crippen LogP contribution in [0.1, 0.15) is 24.8 Å². The molecule has 1 heterocycles. The molecule has 1 aliphatic rings. The number of ether oxygens (including phenoxy) is 1. The number of piperidine rings is 1. The molecule has 0 unspecified atom stereocenters. The van der Waals surface area contributed by atoms with Crippen molar-refractivity contribution in [2.24, 2.45) is 0 Å². The van der Waals surface area contributed by atoms with Gasteiger partial charge in [-0.25, -0.2) is 0 Å². The van der Waals surface area contributed by atoms with Gasteiger partial charge in [-0.3, -0.25) is 0 Å². The summed E-state index contributed by atoms with van der Waals surface area (Å²) in [4.78, 5) is 2.41. The fraction of sp³-hybridized carbons (Fsp3) is 0.600. The highest BCUT2D eigenvalue weighted by Crippen LogP contribution is 2.13. The summed E-state index contributed by atoms with van der Waals surface area (Å²) in [6.07, 6.45) is 2.80. The molecular weight excluding hydrogens is 226 g/mol. The molecule has 0 atom stereocenters. The first-order valence-corrected chi connectivity index (χ1v) is 6.84. The van der Waals surface area contributed by atoms with Crippen LogP contribution in [0.25, 0.3) is 0 Å². The van der Waals surface area contributed by atoms with E-state index in [1.165, 1.54) is 5.56 Å². The normalized spacial score (nSPS) is 17.9. The number of likely N-dealkylation sites (tertiary alicyclic amines) is 1. The van der Waals surface area contributed by atoms with Crippen LogP contribution in [0.5, 0.6) is 5.75 Å². The summed E-state index contributed by atoms with van der Waals surface area (Å²) in [5, 5.41) is 9.42. The highest BCUT2D eigenvalue weighted by molar-refractivity contribution is 5.27. The molecule has 1 aliphatic heterocycles. The summed E-state index contributed by atoms with van der Waals surface area (Å²) in [6, 6.07) is 8.17. The molecule has 3 nitrogen and oxygen atoms in total. The molecule has 1 N–H and O–H groups in total. The SMILES string of the molecule is Cc1cccc(OCCCN2CCC(O)CC2)c1.